The van der Waals surface area contributed by atoms with Crippen molar-refractivity contribution < 1.29 is 9.47 Å². The molecule has 0 amide bonds. The Morgan fingerprint density at radius 2 is 2.00 bits per heavy atom. The molecule has 0 bridgehead atoms. The molecule has 4 nitrogen and oxygen atoms in total. The molecule has 2 aliphatic rings. The van der Waals surface area contributed by atoms with Crippen molar-refractivity contribution in [1.29, 1.82) is 0 Å². The highest BCUT2D eigenvalue weighted by molar-refractivity contribution is 4.89. The highest BCUT2D eigenvalue weighted by atomic mass is 16.5. The predicted octanol–water partition coefficient (Wildman–Crippen LogP) is 0.768. The van der Waals surface area contributed by atoms with Crippen LogP contribution in [0.15, 0.2) is 0 Å². The molecule has 4 heteroatoms. The molecular weight excluding hydrogens is 216 g/mol. The second kappa shape index (κ2) is 6.69. The molecule has 0 radical (unpaired) electrons. The molecule has 2 fully saturated rings. The molecule has 2 rings (SSSR count). The van der Waals surface area contributed by atoms with E-state index in [4.69, 9.17) is 9.47 Å². The Bertz CT molecular complexity index is 219. The average molecular weight is 242 g/mol. The summed E-state index contributed by atoms with van der Waals surface area (Å²) in [6.07, 6.45) is 2.85. The molecule has 1 heterocycles. The van der Waals surface area contributed by atoms with Gasteiger partial charge in [-0.1, -0.05) is 6.92 Å². The van der Waals surface area contributed by atoms with Gasteiger partial charge in [0, 0.05) is 31.2 Å². The van der Waals surface area contributed by atoms with Crippen LogP contribution in [-0.2, 0) is 9.47 Å². The fourth-order valence-electron chi connectivity index (χ4n) is 2.71. The lowest BCUT2D eigenvalue weighted by atomic mass is 9.88. The van der Waals surface area contributed by atoms with Crippen LogP contribution in [0.2, 0.25) is 0 Å². The maximum Gasteiger partial charge on any atom is 0.0623 e. The first-order valence-corrected chi connectivity index (χ1v) is 6.99. The number of likely N-dealkylation sites (N-methyl/N-ethyl adjacent to an activating group) is 1. The van der Waals surface area contributed by atoms with Crippen LogP contribution in [0, 0.1) is 5.92 Å². The first-order chi connectivity index (χ1) is 8.33. The Morgan fingerprint density at radius 3 is 2.71 bits per heavy atom. The van der Waals surface area contributed by atoms with Crippen LogP contribution in [0.25, 0.3) is 0 Å². The molecule has 1 aliphatic carbocycles. The number of rotatable bonds is 7. The van der Waals surface area contributed by atoms with Gasteiger partial charge in [0.05, 0.1) is 19.3 Å². The molecule has 1 saturated carbocycles. The fraction of sp³-hybridized carbons (Fsp3) is 1.00. The maximum absolute atomic E-state index is 5.56. The molecule has 0 spiro atoms. The predicted molar refractivity (Wildman–Crippen MR) is 68.2 cm³/mol. The second-order valence-corrected chi connectivity index (χ2v) is 5.12. The molecule has 0 aromatic rings. The van der Waals surface area contributed by atoms with Crippen LogP contribution >= 0.6 is 0 Å². The third kappa shape index (κ3) is 3.65. The smallest absolute Gasteiger partial charge is 0.0623 e. The van der Waals surface area contributed by atoms with E-state index < -0.39 is 0 Å². The van der Waals surface area contributed by atoms with E-state index in [2.05, 4.69) is 24.5 Å². The van der Waals surface area contributed by atoms with Gasteiger partial charge in [0.25, 0.3) is 0 Å². The highest BCUT2D eigenvalue weighted by Crippen LogP contribution is 2.24. The summed E-state index contributed by atoms with van der Waals surface area (Å²) in [6.45, 7) is 8.93. The summed E-state index contributed by atoms with van der Waals surface area (Å²) < 4.78 is 11.1. The van der Waals surface area contributed by atoms with Crippen LogP contribution in [0.3, 0.4) is 0 Å². The first kappa shape index (κ1) is 13.3. The number of hydrogen-bond donors (Lipinski definition) is 2. The summed E-state index contributed by atoms with van der Waals surface area (Å²) >= 11 is 0. The van der Waals surface area contributed by atoms with Gasteiger partial charge in [0.15, 0.2) is 0 Å². The minimum absolute atomic E-state index is 0.502. The van der Waals surface area contributed by atoms with Gasteiger partial charge < -0.3 is 20.1 Å². The summed E-state index contributed by atoms with van der Waals surface area (Å²) in [5, 5.41) is 7.13. The Hall–Kier alpha value is -0.160. The zero-order valence-corrected chi connectivity index (χ0v) is 11.1. The van der Waals surface area contributed by atoms with Gasteiger partial charge in [-0.2, -0.15) is 0 Å². The minimum atomic E-state index is 0.502. The standard InChI is InChI=1S/C13H26N2O2/c1-3-14-13-9-16-8-10(13)7-15-11-5-12(6-11)17-4-2/h10-15H,3-9H2,1-2H3. The van der Waals surface area contributed by atoms with Crippen LogP contribution in [-0.4, -0.2) is 51.1 Å². The van der Waals surface area contributed by atoms with Gasteiger partial charge in [-0.15, -0.1) is 0 Å². The molecular formula is C13H26N2O2. The SMILES string of the molecule is CCNC1COCC1CNC1CC(OCC)C1. The van der Waals surface area contributed by atoms with E-state index in [1.165, 1.54) is 12.8 Å². The Kier molecular flexibility index (Phi) is 5.22. The number of hydrogen-bond acceptors (Lipinski definition) is 4. The summed E-state index contributed by atoms with van der Waals surface area (Å²) in [5.41, 5.74) is 0. The largest absolute Gasteiger partial charge is 0.379 e. The molecule has 100 valence electrons. The van der Waals surface area contributed by atoms with Crippen LogP contribution in [0.4, 0.5) is 0 Å². The van der Waals surface area contributed by atoms with Crippen molar-refractivity contribution in [2.45, 2.75) is 44.9 Å². The Morgan fingerprint density at radius 1 is 1.18 bits per heavy atom. The fourth-order valence-corrected chi connectivity index (χ4v) is 2.71. The molecule has 1 aliphatic heterocycles. The Balaban J connectivity index is 1.59. The lowest BCUT2D eigenvalue weighted by molar-refractivity contribution is -0.0107. The molecule has 2 unspecified atom stereocenters. The number of ether oxygens (including phenoxy) is 2. The van der Waals surface area contributed by atoms with Crippen molar-refractivity contribution in [2.75, 3.05) is 32.9 Å². The van der Waals surface area contributed by atoms with Gasteiger partial charge in [-0.25, -0.2) is 0 Å². The highest BCUT2D eigenvalue weighted by Gasteiger charge is 2.32. The van der Waals surface area contributed by atoms with Crippen LogP contribution in [0.5, 0.6) is 0 Å². The van der Waals surface area contributed by atoms with Crippen LogP contribution < -0.4 is 10.6 Å². The first-order valence-electron chi connectivity index (χ1n) is 6.99. The maximum atomic E-state index is 5.56. The molecule has 1 saturated heterocycles. The summed E-state index contributed by atoms with van der Waals surface area (Å²) in [6, 6.07) is 1.20. The van der Waals surface area contributed by atoms with E-state index in [0.29, 0.717) is 24.1 Å². The molecule has 2 N–H and O–H groups in total. The molecule has 17 heavy (non-hydrogen) atoms. The number of nitrogens with one attached hydrogen (secondary N) is 2. The molecule has 0 aromatic carbocycles. The van der Waals surface area contributed by atoms with Gasteiger partial charge in [-0.3, -0.25) is 0 Å². The minimum Gasteiger partial charge on any atom is -0.379 e. The topological polar surface area (TPSA) is 42.5 Å². The van der Waals surface area contributed by atoms with Crippen LogP contribution in [0.1, 0.15) is 26.7 Å². The van der Waals surface area contributed by atoms with Crippen molar-refractivity contribution >= 4 is 0 Å². The van der Waals surface area contributed by atoms with E-state index in [1.54, 1.807) is 0 Å². The average Bonchev–Trinajstić information content (AvgIpc) is 2.70. The van der Waals surface area contributed by atoms with Crippen molar-refractivity contribution in [2.24, 2.45) is 5.92 Å². The second-order valence-electron chi connectivity index (χ2n) is 5.12. The quantitative estimate of drug-likeness (QED) is 0.692. The van der Waals surface area contributed by atoms with Gasteiger partial charge >= 0.3 is 0 Å². The Labute approximate surface area is 104 Å². The lowest BCUT2D eigenvalue weighted by Gasteiger charge is -2.36. The third-order valence-corrected chi connectivity index (χ3v) is 3.83. The normalized spacial score (nSPS) is 37.1. The lowest BCUT2D eigenvalue weighted by Crippen LogP contribution is -2.49. The van der Waals surface area contributed by atoms with E-state index in [9.17, 15) is 0 Å². The summed E-state index contributed by atoms with van der Waals surface area (Å²) in [4.78, 5) is 0. The summed E-state index contributed by atoms with van der Waals surface area (Å²) in [5.74, 6) is 0.626. The van der Waals surface area contributed by atoms with E-state index in [0.717, 1.165) is 32.9 Å². The zero-order valence-electron chi connectivity index (χ0n) is 11.1. The summed E-state index contributed by atoms with van der Waals surface area (Å²) in [7, 11) is 0. The van der Waals surface area contributed by atoms with Gasteiger partial charge in [0.1, 0.15) is 0 Å². The monoisotopic (exact) mass is 242 g/mol. The zero-order chi connectivity index (χ0) is 12.1. The van der Waals surface area contributed by atoms with Crippen molar-refractivity contribution in [1.82, 2.24) is 10.6 Å². The molecule has 2 atom stereocenters. The van der Waals surface area contributed by atoms with E-state index in [1.807, 2.05) is 0 Å². The van der Waals surface area contributed by atoms with Crippen molar-refractivity contribution in [3.63, 3.8) is 0 Å². The van der Waals surface area contributed by atoms with E-state index >= 15 is 0 Å². The molecule has 0 aromatic heterocycles. The van der Waals surface area contributed by atoms with Gasteiger partial charge in [-0.05, 0) is 26.3 Å². The van der Waals surface area contributed by atoms with Crippen molar-refractivity contribution in [3.8, 4) is 0 Å². The van der Waals surface area contributed by atoms with Crippen molar-refractivity contribution in [3.05, 3.63) is 0 Å². The van der Waals surface area contributed by atoms with Gasteiger partial charge in [0.2, 0.25) is 0 Å². The third-order valence-electron chi connectivity index (χ3n) is 3.83. The van der Waals surface area contributed by atoms with E-state index in [-0.39, 0.29) is 0 Å².